The van der Waals surface area contributed by atoms with Crippen molar-refractivity contribution in [2.45, 2.75) is 25.0 Å². The molecule has 0 fully saturated rings. The second-order valence-corrected chi connectivity index (χ2v) is 5.37. The Hall–Kier alpha value is -2.80. The highest BCUT2D eigenvalue weighted by Gasteiger charge is 2.28. The molecule has 0 heterocycles. The summed E-state index contributed by atoms with van der Waals surface area (Å²) in [6, 6.07) is 11.0. The van der Waals surface area contributed by atoms with E-state index in [0.717, 1.165) is 6.07 Å². The lowest BCUT2D eigenvalue weighted by Gasteiger charge is -2.17. The average molecular weight is 350 g/mol. The minimum atomic E-state index is -1.74. The Labute approximate surface area is 142 Å². The normalized spacial score (nSPS) is 13.1. The third-order valence-electron chi connectivity index (χ3n) is 3.54. The standard InChI is InChI=1S/C18H16F2O5/c19-13-7-3-1-5-11(13)9-15(21)18(24)25-16(17(22)23)10-12-6-2-4-8-14(12)20/h1-8,15-16,21H,9-10H2,(H,22,23). The predicted octanol–water partition coefficient (Wildman–Crippen LogP) is 2.11. The fourth-order valence-electron chi connectivity index (χ4n) is 2.22. The SMILES string of the molecule is O=C(OC(Cc1ccccc1F)C(=O)O)C(O)Cc1ccccc1F. The highest BCUT2D eigenvalue weighted by atomic mass is 19.1. The summed E-state index contributed by atoms with van der Waals surface area (Å²) in [5, 5.41) is 19.0. The summed E-state index contributed by atoms with van der Waals surface area (Å²) >= 11 is 0. The monoisotopic (exact) mass is 350 g/mol. The molecule has 7 heteroatoms. The molecule has 2 aromatic rings. The van der Waals surface area contributed by atoms with Gasteiger partial charge in [-0.1, -0.05) is 36.4 Å². The largest absolute Gasteiger partial charge is 0.478 e. The molecule has 2 N–H and O–H groups in total. The van der Waals surface area contributed by atoms with Gasteiger partial charge in [0.2, 0.25) is 6.10 Å². The molecular formula is C18H16F2O5. The van der Waals surface area contributed by atoms with Gasteiger partial charge in [-0.3, -0.25) is 0 Å². The molecule has 2 unspecified atom stereocenters. The fourth-order valence-corrected chi connectivity index (χ4v) is 2.22. The summed E-state index contributed by atoms with van der Waals surface area (Å²) in [6.07, 6.45) is -4.16. The average Bonchev–Trinajstić information content (AvgIpc) is 2.57. The topological polar surface area (TPSA) is 83.8 Å². The van der Waals surface area contributed by atoms with Crippen molar-refractivity contribution in [3.8, 4) is 0 Å². The zero-order chi connectivity index (χ0) is 18.4. The van der Waals surface area contributed by atoms with E-state index in [1.165, 1.54) is 42.5 Å². The molecule has 0 aliphatic carbocycles. The summed E-state index contributed by atoms with van der Waals surface area (Å²) < 4.78 is 31.9. The minimum Gasteiger partial charge on any atom is -0.478 e. The van der Waals surface area contributed by atoms with Gasteiger partial charge in [0.1, 0.15) is 11.6 Å². The number of carboxylic acid groups (broad SMARTS) is 1. The second-order valence-electron chi connectivity index (χ2n) is 5.37. The molecule has 2 atom stereocenters. The van der Waals surface area contributed by atoms with Gasteiger partial charge in [0.05, 0.1) is 0 Å². The van der Waals surface area contributed by atoms with Crippen LogP contribution in [-0.4, -0.2) is 34.4 Å². The van der Waals surface area contributed by atoms with Gasteiger partial charge in [-0.25, -0.2) is 18.4 Å². The molecule has 0 bridgehead atoms. The number of rotatable bonds is 7. The molecule has 0 aliphatic rings. The van der Waals surface area contributed by atoms with Gasteiger partial charge in [-0.15, -0.1) is 0 Å². The number of hydrogen-bond acceptors (Lipinski definition) is 4. The molecule has 0 aliphatic heterocycles. The number of esters is 1. The van der Waals surface area contributed by atoms with Crippen LogP contribution in [0.2, 0.25) is 0 Å². The number of aliphatic hydroxyl groups is 1. The van der Waals surface area contributed by atoms with Gasteiger partial charge >= 0.3 is 11.9 Å². The molecule has 0 amide bonds. The Morgan fingerprint density at radius 2 is 1.40 bits per heavy atom. The molecule has 0 spiro atoms. The summed E-state index contributed by atoms with van der Waals surface area (Å²) in [4.78, 5) is 23.1. The van der Waals surface area contributed by atoms with Crippen molar-refractivity contribution in [1.82, 2.24) is 0 Å². The van der Waals surface area contributed by atoms with E-state index in [1.807, 2.05) is 0 Å². The number of halogens is 2. The number of carbonyl (C=O) groups is 2. The van der Waals surface area contributed by atoms with Gasteiger partial charge in [-0.2, -0.15) is 0 Å². The fraction of sp³-hybridized carbons (Fsp3) is 0.222. The van der Waals surface area contributed by atoms with Crippen LogP contribution in [-0.2, 0) is 27.2 Å². The lowest BCUT2D eigenvalue weighted by molar-refractivity contribution is -0.170. The number of aliphatic carboxylic acids is 1. The first-order valence-electron chi connectivity index (χ1n) is 7.46. The van der Waals surface area contributed by atoms with Crippen LogP contribution < -0.4 is 0 Å². The van der Waals surface area contributed by atoms with Gasteiger partial charge < -0.3 is 14.9 Å². The quantitative estimate of drug-likeness (QED) is 0.747. The lowest BCUT2D eigenvalue weighted by atomic mass is 10.1. The van der Waals surface area contributed by atoms with E-state index in [0.29, 0.717) is 0 Å². The number of hydrogen-bond donors (Lipinski definition) is 2. The Kier molecular flexibility index (Phi) is 6.19. The summed E-state index contributed by atoms with van der Waals surface area (Å²) in [5.74, 6) is -3.92. The maximum atomic E-state index is 13.6. The Bertz CT molecular complexity index is 763. The lowest BCUT2D eigenvalue weighted by Crippen LogP contribution is -2.35. The van der Waals surface area contributed by atoms with Gasteiger partial charge in [0, 0.05) is 12.8 Å². The molecule has 132 valence electrons. The van der Waals surface area contributed by atoms with Crippen LogP contribution in [0, 0.1) is 11.6 Å². The smallest absolute Gasteiger partial charge is 0.345 e. The van der Waals surface area contributed by atoms with E-state index in [2.05, 4.69) is 0 Å². The Balaban J connectivity index is 2.03. The number of benzene rings is 2. The number of carboxylic acids is 1. The van der Waals surface area contributed by atoms with Crippen LogP contribution in [0.1, 0.15) is 11.1 Å². The van der Waals surface area contributed by atoms with Crippen molar-refractivity contribution in [2.75, 3.05) is 0 Å². The Morgan fingerprint density at radius 1 is 0.920 bits per heavy atom. The zero-order valence-corrected chi connectivity index (χ0v) is 13.1. The van der Waals surface area contributed by atoms with Gasteiger partial charge in [0.25, 0.3) is 0 Å². The third kappa shape index (κ3) is 5.09. The first-order chi connectivity index (χ1) is 11.9. The van der Waals surface area contributed by atoms with Crippen LogP contribution in [0.5, 0.6) is 0 Å². The maximum Gasteiger partial charge on any atom is 0.345 e. The first kappa shape index (κ1) is 18.5. The van der Waals surface area contributed by atoms with Gasteiger partial charge in [-0.05, 0) is 23.3 Å². The highest BCUT2D eigenvalue weighted by molar-refractivity contribution is 5.80. The molecule has 0 radical (unpaired) electrons. The van der Waals surface area contributed by atoms with Crippen LogP contribution >= 0.6 is 0 Å². The van der Waals surface area contributed by atoms with E-state index in [9.17, 15) is 23.5 Å². The van der Waals surface area contributed by atoms with Crippen LogP contribution in [0.4, 0.5) is 8.78 Å². The number of carbonyl (C=O) groups excluding carboxylic acids is 1. The van der Waals surface area contributed by atoms with E-state index in [4.69, 9.17) is 9.84 Å². The highest BCUT2D eigenvalue weighted by Crippen LogP contribution is 2.14. The molecule has 25 heavy (non-hydrogen) atoms. The van der Waals surface area contributed by atoms with Crippen molar-refractivity contribution in [2.24, 2.45) is 0 Å². The summed E-state index contributed by atoms with van der Waals surface area (Å²) in [6.45, 7) is 0. The van der Waals surface area contributed by atoms with Crippen molar-refractivity contribution in [1.29, 1.82) is 0 Å². The van der Waals surface area contributed by atoms with E-state index in [1.54, 1.807) is 0 Å². The van der Waals surface area contributed by atoms with Crippen LogP contribution in [0.15, 0.2) is 48.5 Å². The summed E-state index contributed by atoms with van der Waals surface area (Å²) in [5.41, 5.74) is 0.152. The Morgan fingerprint density at radius 3 is 1.88 bits per heavy atom. The molecule has 0 saturated carbocycles. The van der Waals surface area contributed by atoms with E-state index in [-0.39, 0.29) is 24.0 Å². The molecule has 2 aromatic carbocycles. The zero-order valence-electron chi connectivity index (χ0n) is 13.1. The van der Waals surface area contributed by atoms with E-state index < -0.39 is 35.8 Å². The van der Waals surface area contributed by atoms with Crippen molar-refractivity contribution in [3.63, 3.8) is 0 Å². The number of ether oxygens (including phenoxy) is 1. The summed E-state index contributed by atoms with van der Waals surface area (Å²) in [7, 11) is 0. The molecule has 2 rings (SSSR count). The minimum absolute atomic E-state index is 0.0614. The van der Waals surface area contributed by atoms with E-state index >= 15 is 0 Å². The van der Waals surface area contributed by atoms with Crippen molar-refractivity contribution in [3.05, 3.63) is 71.3 Å². The molecule has 0 aromatic heterocycles. The first-order valence-corrected chi connectivity index (χ1v) is 7.46. The van der Waals surface area contributed by atoms with Crippen LogP contribution in [0.3, 0.4) is 0 Å². The number of aliphatic hydroxyl groups excluding tert-OH is 1. The third-order valence-corrected chi connectivity index (χ3v) is 3.54. The second kappa shape index (κ2) is 8.34. The van der Waals surface area contributed by atoms with Gasteiger partial charge in [0.15, 0.2) is 6.10 Å². The van der Waals surface area contributed by atoms with Crippen molar-refractivity contribution >= 4 is 11.9 Å². The maximum absolute atomic E-state index is 13.6. The predicted molar refractivity (Wildman–Crippen MR) is 83.7 cm³/mol. The van der Waals surface area contributed by atoms with Crippen LogP contribution in [0.25, 0.3) is 0 Å². The van der Waals surface area contributed by atoms with Crippen molar-refractivity contribution < 1.29 is 33.3 Å². The molecule has 5 nitrogen and oxygen atoms in total. The molecule has 0 saturated heterocycles. The molecular weight excluding hydrogens is 334 g/mol.